The van der Waals surface area contributed by atoms with Crippen LogP contribution in [0.25, 0.3) is 5.69 Å². The second kappa shape index (κ2) is 6.04. The largest absolute Gasteiger partial charge is 0.333 e. The van der Waals surface area contributed by atoms with Gasteiger partial charge in [0.25, 0.3) is 5.91 Å². The Kier molecular flexibility index (Phi) is 3.63. The third-order valence-corrected chi connectivity index (χ3v) is 5.54. The predicted octanol–water partition coefficient (Wildman–Crippen LogP) is 2.27. The minimum Gasteiger partial charge on any atom is -0.333 e. The maximum absolute atomic E-state index is 13.1. The number of nitrogens with zero attached hydrogens (tertiary/aromatic N) is 6. The number of carbonyl (C=O) groups is 1. The fourth-order valence-corrected chi connectivity index (χ4v) is 4.20. The maximum Gasteiger partial charge on any atom is 0.274 e. The van der Waals surface area contributed by atoms with Crippen LogP contribution in [0.4, 0.5) is 0 Å². The second-order valence-electron chi connectivity index (χ2n) is 7.39. The summed E-state index contributed by atoms with van der Waals surface area (Å²) in [5.41, 5.74) is 3.95. The van der Waals surface area contributed by atoms with Gasteiger partial charge in [0.1, 0.15) is 11.6 Å². The Bertz CT molecular complexity index is 1010. The first-order chi connectivity index (χ1) is 13.1. The average molecular weight is 362 g/mol. The Morgan fingerprint density at radius 1 is 1.07 bits per heavy atom. The maximum atomic E-state index is 13.1. The molecule has 0 bridgehead atoms. The van der Waals surface area contributed by atoms with Gasteiger partial charge in [0.15, 0.2) is 5.69 Å². The average Bonchev–Trinajstić information content (AvgIpc) is 3.30. The van der Waals surface area contributed by atoms with E-state index in [0.29, 0.717) is 18.8 Å². The first-order valence-corrected chi connectivity index (χ1v) is 9.47. The zero-order valence-corrected chi connectivity index (χ0v) is 15.6. The van der Waals surface area contributed by atoms with Gasteiger partial charge in [0.05, 0.1) is 11.7 Å². The van der Waals surface area contributed by atoms with Crippen molar-refractivity contribution in [1.29, 1.82) is 0 Å². The standard InChI is InChI=1S/C20H22N6O/c1-13-21-14(2)25(22-13)16-11-24(12-16)20(27)19-17-9-6-10-18(17)26(23-19)15-7-4-3-5-8-15/h3-5,7-8,16H,6,9-12H2,1-2H3. The summed E-state index contributed by atoms with van der Waals surface area (Å²) in [7, 11) is 0. The molecule has 0 atom stereocenters. The fourth-order valence-electron chi connectivity index (χ4n) is 4.20. The lowest BCUT2D eigenvalue weighted by atomic mass is 10.1. The minimum atomic E-state index is 0.0357. The van der Waals surface area contributed by atoms with E-state index in [1.807, 2.05) is 58.4 Å². The van der Waals surface area contributed by atoms with E-state index in [-0.39, 0.29) is 11.9 Å². The molecule has 1 aliphatic heterocycles. The molecule has 1 aromatic carbocycles. The smallest absolute Gasteiger partial charge is 0.274 e. The third kappa shape index (κ3) is 2.57. The van der Waals surface area contributed by atoms with Gasteiger partial charge < -0.3 is 4.90 Å². The molecule has 1 saturated heterocycles. The molecule has 27 heavy (non-hydrogen) atoms. The summed E-state index contributed by atoms with van der Waals surface area (Å²) >= 11 is 0. The molecule has 2 aromatic heterocycles. The number of carbonyl (C=O) groups excluding carboxylic acids is 1. The summed E-state index contributed by atoms with van der Waals surface area (Å²) in [6, 6.07) is 10.3. The first kappa shape index (κ1) is 16.2. The van der Waals surface area contributed by atoms with Crippen LogP contribution in [0.2, 0.25) is 0 Å². The van der Waals surface area contributed by atoms with E-state index in [9.17, 15) is 4.79 Å². The van der Waals surface area contributed by atoms with Crippen molar-refractivity contribution in [2.24, 2.45) is 0 Å². The first-order valence-electron chi connectivity index (χ1n) is 9.47. The predicted molar refractivity (Wildman–Crippen MR) is 100 cm³/mol. The van der Waals surface area contributed by atoms with Crippen LogP contribution in [0.3, 0.4) is 0 Å². The Morgan fingerprint density at radius 3 is 2.56 bits per heavy atom. The van der Waals surface area contributed by atoms with Gasteiger partial charge in [-0.05, 0) is 45.2 Å². The zero-order chi connectivity index (χ0) is 18.5. The number of para-hydroxylation sites is 1. The van der Waals surface area contributed by atoms with Crippen molar-refractivity contribution in [2.45, 2.75) is 39.2 Å². The number of benzene rings is 1. The molecule has 0 radical (unpaired) electrons. The van der Waals surface area contributed by atoms with Gasteiger partial charge in [-0.25, -0.2) is 14.3 Å². The Labute approximate surface area is 157 Å². The van der Waals surface area contributed by atoms with Crippen molar-refractivity contribution in [3.05, 3.63) is 58.9 Å². The molecule has 1 aliphatic carbocycles. The molecule has 1 amide bonds. The number of aromatic nitrogens is 5. The van der Waals surface area contributed by atoms with Gasteiger partial charge >= 0.3 is 0 Å². The SMILES string of the molecule is Cc1nc(C)n(C2CN(C(=O)c3nn(-c4ccccc4)c4c3CCC4)C2)n1. The van der Waals surface area contributed by atoms with Crippen LogP contribution >= 0.6 is 0 Å². The van der Waals surface area contributed by atoms with Gasteiger partial charge in [0.2, 0.25) is 0 Å². The number of amides is 1. The van der Waals surface area contributed by atoms with Gasteiger partial charge in [-0.15, -0.1) is 0 Å². The molecule has 0 unspecified atom stereocenters. The van der Waals surface area contributed by atoms with E-state index in [2.05, 4.69) is 10.1 Å². The van der Waals surface area contributed by atoms with Gasteiger partial charge in [-0.1, -0.05) is 18.2 Å². The summed E-state index contributed by atoms with van der Waals surface area (Å²) in [6.45, 7) is 5.17. The van der Waals surface area contributed by atoms with Crippen molar-refractivity contribution in [1.82, 2.24) is 29.4 Å². The van der Waals surface area contributed by atoms with E-state index in [4.69, 9.17) is 5.10 Å². The summed E-state index contributed by atoms with van der Waals surface area (Å²) in [5.74, 6) is 1.71. The number of hydrogen-bond acceptors (Lipinski definition) is 4. The molecule has 2 aliphatic rings. The van der Waals surface area contributed by atoms with Crippen molar-refractivity contribution in [2.75, 3.05) is 13.1 Å². The molecule has 0 N–H and O–H groups in total. The Balaban J connectivity index is 1.40. The van der Waals surface area contributed by atoms with Crippen LogP contribution in [-0.4, -0.2) is 48.4 Å². The summed E-state index contributed by atoms with van der Waals surface area (Å²) in [6.07, 6.45) is 2.99. The molecule has 3 heterocycles. The number of likely N-dealkylation sites (tertiary alicyclic amines) is 1. The lowest BCUT2D eigenvalue weighted by Crippen LogP contribution is -2.51. The number of fused-ring (bicyclic) bond motifs is 1. The third-order valence-electron chi connectivity index (χ3n) is 5.54. The van der Waals surface area contributed by atoms with E-state index >= 15 is 0 Å². The highest BCUT2D eigenvalue weighted by Crippen LogP contribution is 2.31. The van der Waals surface area contributed by atoms with E-state index in [0.717, 1.165) is 42.2 Å². The normalized spacial score (nSPS) is 16.4. The van der Waals surface area contributed by atoms with Crippen LogP contribution in [-0.2, 0) is 12.8 Å². The van der Waals surface area contributed by atoms with Gasteiger partial charge in [0, 0.05) is 24.3 Å². The topological polar surface area (TPSA) is 68.8 Å². The Hall–Kier alpha value is -2.96. The molecular weight excluding hydrogens is 340 g/mol. The van der Waals surface area contributed by atoms with Crippen LogP contribution in [0.5, 0.6) is 0 Å². The van der Waals surface area contributed by atoms with Crippen molar-refractivity contribution in [3.63, 3.8) is 0 Å². The molecule has 7 nitrogen and oxygen atoms in total. The highest BCUT2D eigenvalue weighted by Gasteiger charge is 2.37. The lowest BCUT2D eigenvalue weighted by molar-refractivity contribution is 0.0489. The zero-order valence-electron chi connectivity index (χ0n) is 15.6. The van der Waals surface area contributed by atoms with Crippen molar-refractivity contribution in [3.8, 4) is 5.69 Å². The van der Waals surface area contributed by atoms with Gasteiger partial charge in [-0.3, -0.25) is 4.79 Å². The van der Waals surface area contributed by atoms with E-state index in [1.165, 1.54) is 5.69 Å². The monoisotopic (exact) mass is 362 g/mol. The molecule has 138 valence electrons. The second-order valence-corrected chi connectivity index (χ2v) is 7.39. The molecule has 1 fully saturated rings. The summed E-state index contributed by atoms with van der Waals surface area (Å²) in [5, 5.41) is 9.16. The summed E-state index contributed by atoms with van der Waals surface area (Å²) in [4.78, 5) is 19.3. The van der Waals surface area contributed by atoms with Crippen LogP contribution in [0, 0.1) is 13.8 Å². The molecule has 7 heteroatoms. The molecular formula is C20H22N6O. The number of hydrogen-bond donors (Lipinski definition) is 0. The van der Waals surface area contributed by atoms with E-state index < -0.39 is 0 Å². The van der Waals surface area contributed by atoms with Crippen LogP contribution in [0.1, 0.15) is 45.9 Å². The van der Waals surface area contributed by atoms with E-state index in [1.54, 1.807) is 0 Å². The quantitative estimate of drug-likeness (QED) is 0.717. The van der Waals surface area contributed by atoms with Crippen molar-refractivity contribution < 1.29 is 4.79 Å². The van der Waals surface area contributed by atoms with Crippen LogP contribution < -0.4 is 0 Å². The molecule has 3 aromatic rings. The van der Waals surface area contributed by atoms with Crippen molar-refractivity contribution >= 4 is 5.91 Å². The molecule has 0 saturated carbocycles. The molecule has 0 spiro atoms. The summed E-state index contributed by atoms with van der Waals surface area (Å²) < 4.78 is 3.89. The van der Waals surface area contributed by atoms with Gasteiger partial charge in [-0.2, -0.15) is 10.2 Å². The lowest BCUT2D eigenvalue weighted by Gasteiger charge is -2.39. The Morgan fingerprint density at radius 2 is 1.85 bits per heavy atom. The minimum absolute atomic E-state index is 0.0357. The highest BCUT2D eigenvalue weighted by atomic mass is 16.2. The number of aryl methyl sites for hydroxylation is 2. The van der Waals surface area contributed by atoms with Crippen LogP contribution in [0.15, 0.2) is 30.3 Å². The molecule has 5 rings (SSSR count). The highest BCUT2D eigenvalue weighted by molar-refractivity contribution is 5.95. The number of rotatable bonds is 3. The fraction of sp³-hybridized carbons (Fsp3) is 0.400.